The molecule has 3 aromatic carbocycles. The lowest BCUT2D eigenvalue weighted by Crippen LogP contribution is -2.38. The maximum atomic E-state index is 14.7. The standard InChI is InChI=1S/C20H15F2NOS/c21-16-12-10-15(11-13-16)20(24-19(23)25,14-6-2-1-3-7-14)17-8-4-5-9-18(17)22/h1-13H,(H2,23,25). The van der Waals surface area contributed by atoms with E-state index in [1.807, 2.05) is 6.07 Å². The largest absolute Gasteiger partial charge is 0.450 e. The molecule has 1 unspecified atom stereocenters. The molecule has 0 saturated carbocycles. The first-order valence-electron chi connectivity index (χ1n) is 7.59. The minimum atomic E-state index is -1.42. The van der Waals surface area contributed by atoms with Gasteiger partial charge >= 0.3 is 0 Å². The molecule has 3 rings (SSSR count). The van der Waals surface area contributed by atoms with Crippen LogP contribution in [0.2, 0.25) is 0 Å². The summed E-state index contributed by atoms with van der Waals surface area (Å²) in [5.41, 5.74) is 5.63. The molecule has 0 aliphatic heterocycles. The molecule has 0 fully saturated rings. The topological polar surface area (TPSA) is 35.2 Å². The van der Waals surface area contributed by atoms with Crippen LogP contribution < -0.4 is 5.73 Å². The van der Waals surface area contributed by atoms with E-state index >= 15 is 0 Å². The van der Waals surface area contributed by atoms with Crippen LogP contribution in [0.3, 0.4) is 0 Å². The van der Waals surface area contributed by atoms with E-state index in [1.165, 1.54) is 30.3 Å². The Morgan fingerprint density at radius 1 is 0.800 bits per heavy atom. The third kappa shape index (κ3) is 3.23. The highest BCUT2D eigenvalue weighted by Crippen LogP contribution is 2.41. The molecule has 0 radical (unpaired) electrons. The molecule has 0 saturated heterocycles. The average Bonchev–Trinajstić information content (AvgIpc) is 2.62. The zero-order valence-electron chi connectivity index (χ0n) is 13.2. The van der Waals surface area contributed by atoms with Crippen molar-refractivity contribution in [3.63, 3.8) is 0 Å². The Kier molecular flexibility index (Phi) is 4.76. The molecule has 0 heterocycles. The zero-order chi connectivity index (χ0) is 17.9. The minimum Gasteiger partial charge on any atom is -0.450 e. The summed E-state index contributed by atoms with van der Waals surface area (Å²) in [6.07, 6.45) is 0. The second-order valence-electron chi connectivity index (χ2n) is 5.46. The number of ether oxygens (including phenoxy) is 1. The molecule has 3 aromatic rings. The molecule has 126 valence electrons. The first kappa shape index (κ1) is 17.0. The van der Waals surface area contributed by atoms with Gasteiger partial charge < -0.3 is 10.5 Å². The maximum absolute atomic E-state index is 14.7. The van der Waals surface area contributed by atoms with Crippen LogP contribution in [-0.2, 0) is 10.3 Å². The van der Waals surface area contributed by atoms with E-state index in [0.717, 1.165) is 0 Å². The highest BCUT2D eigenvalue weighted by molar-refractivity contribution is 7.80. The summed E-state index contributed by atoms with van der Waals surface area (Å²) in [6, 6.07) is 20.9. The summed E-state index contributed by atoms with van der Waals surface area (Å²) >= 11 is 4.97. The fourth-order valence-electron chi connectivity index (χ4n) is 2.91. The van der Waals surface area contributed by atoms with Gasteiger partial charge in [-0.2, -0.15) is 0 Å². The molecule has 5 heteroatoms. The third-order valence-electron chi connectivity index (χ3n) is 3.94. The fourth-order valence-corrected chi connectivity index (χ4v) is 3.03. The van der Waals surface area contributed by atoms with Crippen LogP contribution in [0.5, 0.6) is 0 Å². The van der Waals surface area contributed by atoms with Crippen LogP contribution in [0, 0.1) is 11.6 Å². The molecule has 0 aromatic heterocycles. The SMILES string of the molecule is NC(=S)OC(c1ccccc1)(c1ccc(F)cc1)c1ccccc1F. The van der Waals surface area contributed by atoms with Crippen LogP contribution >= 0.6 is 12.2 Å². The molecule has 1 atom stereocenters. The monoisotopic (exact) mass is 355 g/mol. The van der Waals surface area contributed by atoms with Gasteiger partial charge in [0.2, 0.25) is 0 Å². The highest BCUT2D eigenvalue weighted by atomic mass is 32.1. The van der Waals surface area contributed by atoms with Crippen molar-refractivity contribution >= 4 is 17.4 Å². The van der Waals surface area contributed by atoms with Crippen molar-refractivity contribution in [2.75, 3.05) is 0 Å². The van der Waals surface area contributed by atoms with E-state index in [4.69, 9.17) is 22.7 Å². The maximum Gasteiger partial charge on any atom is 0.255 e. The molecule has 0 bridgehead atoms. The van der Waals surface area contributed by atoms with Crippen LogP contribution in [0.25, 0.3) is 0 Å². The molecule has 0 aliphatic rings. The average molecular weight is 355 g/mol. The Hall–Kier alpha value is -2.79. The minimum absolute atomic E-state index is 0.237. The molecule has 0 amide bonds. The molecule has 0 aliphatic carbocycles. The third-order valence-corrected chi connectivity index (χ3v) is 4.02. The Morgan fingerprint density at radius 2 is 1.36 bits per heavy atom. The fraction of sp³-hybridized carbons (Fsp3) is 0.0500. The smallest absolute Gasteiger partial charge is 0.255 e. The van der Waals surface area contributed by atoms with Gasteiger partial charge in [0.05, 0.1) is 0 Å². The zero-order valence-corrected chi connectivity index (χ0v) is 14.0. The van der Waals surface area contributed by atoms with Gasteiger partial charge in [0, 0.05) is 16.7 Å². The van der Waals surface area contributed by atoms with Gasteiger partial charge in [-0.25, -0.2) is 8.78 Å². The summed E-state index contributed by atoms with van der Waals surface area (Å²) in [4.78, 5) is 0. The number of hydrogen-bond donors (Lipinski definition) is 1. The summed E-state index contributed by atoms with van der Waals surface area (Å²) in [5.74, 6) is -0.888. The molecule has 0 spiro atoms. The van der Waals surface area contributed by atoms with Gasteiger partial charge in [0.25, 0.3) is 5.17 Å². The van der Waals surface area contributed by atoms with Crippen molar-refractivity contribution in [2.24, 2.45) is 5.73 Å². The molecule has 2 nitrogen and oxygen atoms in total. The lowest BCUT2D eigenvalue weighted by molar-refractivity contribution is 0.139. The van der Waals surface area contributed by atoms with Crippen molar-refractivity contribution < 1.29 is 13.5 Å². The van der Waals surface area contributed by atoms with E-state index in [0.29, 0.717) is 11.1 Å². The van der Waals surface area contributed by atoms with Crippen LogP contribution in [-0.4, -0.2) is 5.17 Å². The lowest BCUT2D eigenvalue weighted by Gasteiger charge is -2.35. The van der Waals surface area contributed by atoms with E-state index in [2.05, 4.69) is 0 Å². The molecular formula is C20H15F2NOS. The van der Waals surface area contributed by atoms with Crippen molar-refractivity contribution in [1.29, 1.82) is 0 Å². The van der Waals surface area contributed by atoms with Crippen LogP contribution in [0.1, 0.15) is 16.7 Å². The Balaban J connectivity index is 2.37. The van der Waals surface area contributed by atoms with E-state index in [1.54, 1.807) is 42.5 Å². The van der Waals surface area contributed by atoms with E-state index < -0.39 is 17.2 Å². The Bertz CT molecular complexity index is 884. The van der Waals surface area contributed by atoms with Crippen molar-refractivity contribution in [1.82, 2.24) is 0 Å². The molecule has 25 heavy (non-hydrogen) atoms. The first-order valence-corrected chi connectivity index (χ1v) is 8.00. The second kappa shape index (κ2) is 6.99. The normalized spacial score (nSPS) is 13.0. The lowest BCUT2D eigenvalue weighted by atomic mass is 9.80. The Labute approximate surface area is 149 Å². The van der Waals surface area contributed by atoms with Crippen LogP contribution in [0.4, 0.5) is 8.78 Å². The molecule has 2 N–H and O–H groups in total. The number of benzene rings is 3. The predicted molar refractivity (Wildman–Crippen MR) is 97.0 cm³/mol. The van der Waals surface area contributed by atoms with Gasteiger partial charge in [0.1, 0.15) is 11.6 Å². The van der Waals surface area contributed by atoms with Crippen molar-refractivity contribution in [3.05, 3.63) is 107 Å². The number of rotatable bonds is 4. The number of halogens is 2. The number of hydrogen-bond acceptors (Lipinski definition) is 2. The van der Waals surface area contributed by atoms with Gasteiger partial charge in [0.15, 0.2) is 5.60 Å². The summed E-state index contributed by atoms with van der Waals surface area (Å²) in [5, 5.41) is -0.239. The highest BCUT2D eigenvalue weighted by Gasteiger charge is 2.41. The van der Waals surface area contributed by atoms with E-state index in [9.17, 15) is 8.78 Å². The van der Waals surface area contributed by atoms with Crippen molar-refractivity contribution in [3.8, 4) is 0 Å². The predicted octanol–water partition coefficient (Wildman–Crippen LogP) is 4.52. The van der Waals surface area contributed by atoms with Crippen molar-refractivity contribution in [2.45, 2.75) is 5.60 Å². The summed E-state index contributed by atoms with van der Waals surface area (Å²) in [7, 11) is 0. The Morgan fingerprint density at radius 3 is 1.96 bits per heavy atom. The van der Waals surface area contributed by atoms with Gasteiger partial charge in [-0.3, -0.25) is 0 Å². The second-order valence-corrected chi connectivity index (χ2v) is 5.86. The quantitative estimate of drug-likeness (QED) is 0.552. The van der Waals surface area contributed by atoms with Gasteiger partial charge in [-0.1, -0.05) is 60.7 Å². The van der Waals surface area contributed by atoms with Crippen LogP contribution in [0.15, 0.2) is 78.9 Å². The molecular weight excluding hydrogens is 340 g/mol. The summed E-state index contributed by atoms with van der Waals surface area (Å²) < 4.78 is 34.1. The summed E-state index contributed by atoms with van der Waals surface area (Å²) in [6.45, 7) is 0. The van der Waals surface area contributed by atoms with Gasteiger partial charge in [-0.15, -0.1) is 0 Å². The van der Waals surface area contributed by atoms with E-state index in [-0.39, 0.29) is 10.7 Å². The number of nitrogens with two attached hydrogens (primary N) is 1. The first-order chi connectivity index (χ1) is 12.0. The number of thiocarbonyl (C=S) groups is 1. The van der Waals surface area contributed by atoms with Gasteiger partial charge in [-0.05, 0) is 30.4 Å².